The highest BCUT2D eigenvalue weighted by Crippen LogP contribution is 2.34. The predicted octanol–water partition coefficient (Wildman–Crippen LogP) is 0.379. The largest absolute Gasteiger partial charge is 0.394 e. The zero-order chi connectivity index (χ0) is 17.1. The van der Waals surface area contributed by atoms with Gasteiger partial charge in [0.25, 0.3) is 0 Å². The van der Waals surface area contributed by atoms with E-state index in [4.69, 9.17) is 15.6 Å². The highest BCUT2D eigenvalue weighted by atomic mass is 32.2. The third kappa shape index (κ3) is 3.46. The molecule has 0 saturated heterocycles. The van der Waals surface area contributed by atoms with Gasteiger partial charge < -0.3 is 20.7 Å². The lowest BCUT2D eigenvalue weighted by molar-refractivity contribution is 0.0252. The molecule has 2 aromatic rings. The lowest BCUT2D eigenvalue weighted by atomic mass is 10.2. The topological polar surface area (TPSA) is 132 Å². The molecular formula is C14H22N6O3S. The Bertz CT molecular complexity index is 696. The van der Waals surface area contributed by atoms with Crippen LogP contribution < -0.4 is 5.73 Å². The summed E-state index contributed by atoms with van der Waals surface area (Å²) in [7, 11) is 0. The Hall–Kier alpha value is -1.49. The molecule has 0 aromatic carbocycles. The van der Waals surface area contributed by atoms with Crippen LogP contribution in [0.15, 0.2) is 5.16 Å². The van der Waals surface area contributed by atoms with Crippen molar-refractivity contribution >= 4 is 28.7 Å². The number of aliphatic hydroxyl groups excluding tert-OH is 2. The number of hydrogen-bond acceptors (Lipinski definition) is 9. The average Bonchev–Trinajstić information content (AvgIpc) is 3.14. The molecule has 0 unspecified atom stereocenters. The minimum atomic E-state index is -0.610. The second kappa shape index (κ2) is 7.60. The first kappa shape index (κ1) is 17.3. The Balaban J connectivity index is 1.87. The fraction of sp³-hybridized carbons (Fsp3) is 0.714. The first-order valence-electron chi connectivity index (χ1n) is 8.05. The molecule has 3 rings (SSSR count). The second-order valence-corrected chi connectivity index (χ2v) is 6.83. The molecule has 1 aliphatic rings. The normalized spacial score (nSPS) is 24.0. The fourth-order valence-electron chi connectivity index (χ4n) is 2.88. The highest BCUT2D eigenvalue weighted by Gasteiger charge is 2.37. The van der Waals surface area contributed by atoms with E-state index in [2.05, 4.69) is 27.2 Å². The SMILES string of the molecule is CCCSc1nc(N)c2nnn([C@@H]3C[C@H](OCCO)C[C@H]3O)c2n1. The Morgan fingerprint density at radius 2 is 2.21 bits per heavy atom. The van der Waals surface area contributed by atoms with Crippen molar-refractivity contribution < 1.29 is 14.9 Å². The van der Waals surface area contributed by atoms with Crippen molar-refractivity contribution in [3.05, 3.63) is 0 Å². The summed E-state index contributed by atoms with van der Waals surface area (Å²) < 4.78 is 7.15. The number of nitrogen functional groups attached to an aromatic ring is 1. The molecule has 9 nitrogen and oxygen atoms in total. The maximum Gasteiger partial charge on any atom is 0.191 e. The number of rotatable bonds is 7. The molecule has 0 radical (unpaired) electrons. The Morgan fingerprint density at radius 3 is 2.96 bits per heavy atom. The Labute approximate surface area is 143 Å². The van der Waals surface area contributed by atoms with Gasteiger partial charge in [0.2, 0.25) is 0 Å². The van der Waals surface area contributed by atoms with Crippen LogP contribution >= 0.6 is 11.8 Å². The predicted molar refractivity (Wildman–Crippen MR) is 89.6 cm³/mol. The van der Waals surface area contributed by atoms with Gasteiger partial charge in [0.1, 0.15) is 0 Å². The Morgan fingerprint density at radius 1 is 1.38 bits per heavy atom. The summed E-state index contributed by atoms with van der Waals surface area (Å²) in [6.45, 7) is 2.31. The van der Waals surface area contributed by atoms with Crippen LogP contribution in [0.3, 0.4) is 0 Å². The maximum atomic E-state index is 10.4. The van der Waals surface area contributed by atoms with Gasteiger partial charge in [-0.3, -0.25) is 0 Å². The van der Waals surface area contributed by atoms with E-state index in [0.717, 1.165) is 12.2 Å². The standard InChI is InChI=1S/C14H22N6O3S/c1-2-5-24-14-16-12(15)11-13(17-14)20(19-18-11)9-6-8(7-10(9)22)23-4-3-21/h8-10,21-22H,2-7H2,1H3,(H2,15,16,17)/t8-,9+,10+/m0/s1. The van der Waals surface area contributed by atoms with Crippen LogP contribution in [0.5, 0.6) is 0 Å². The first-order chi connectivity index (χ1) is 11.6. The van der Waals surface area contributed by atoms with E-state index >= 15 is 0 Å². The van der Waals surface area contributed by atoms with Gasteiger partial charge in [0, 0.05) is 12.2 Å². The minimum Gasteiger partial charge on any atom is -0.394 e. The summed E-state index contributed by atoms with van der Waals surface area (Å²) in [6.07, 6.45) is 1.35. The van der Waals surface area contributed by atoms with Gasteiger partial charge in [-0.1, -0.05) is 23.9 Å². The van der Waals surface area contributed by atoms with Crippen molar-refractivity contribution in [2.45, 2.75) is 49.6 Å². The number of aliphatic hydroxyl groups is 2. The number of thioether (sulfide) groups is 1. The zero-order valence-electron chi connectivity index (χ0n) is 13.5. The molecule has 132 valence electrons. The van der Waals surface area contributed by atoms with E-state index in [9.17, 15) is 5.11 Å². The molecule has 4 N–H and O–H groups in total. The van der Waals surface area contributed by atoms with Crippen LogP contribution in [-0.4, -0.2) is 66.3 Å². The molecule has 10 heteroatoms. The average molecular weight is 354 g/mol. The quantitative estimate of drug-likeness (QED) is 0.476. The van der Waals surface area contributed by atoms with Gasteiger partial charge in [0.05, 0.1) is 31.5 Å². The van der Waals surface area contributed by atoms with E-state index in [1.165, 1.54) is 11.8 Å². The summed E-state index contributed by atoms with van der Waals surface area (Å²) in [5, 5.41) is 28.0. The number of nitrogens with zero attached hydrogens (tertiary/aromatic N) is 5. The summed E-state index contributed by atoms with van der Waals surface area (Å²) in [6, 6.07) is -0.281. The number of aromatic nitrogens is 5. The van der Waals surface area contributed by atoms with E-state index in [1.54, 1.807) is 4.68 Å². The molecule has 3 atom stereocenters. The smallest absolute Gasteiger partial charge is 0.191 e. The molecule has 1 aliphatic carbocycles. The summed E-state index contributed by atoms with van der Waals surface area (Å²) >= 11 is 1.53. The zero-order valence-corrected chi connectivity index (χ0v) is 14.3. The fourth-order valence-corrected chi connectivity index (χ4v) is 3.58. The number of nitrogens with two attached hydrogens (primary N) is 1. The first-order valence-corrected chi connectivity index (χ1v) is 9.04. The molecule has 0 bridgehead atoms. The van der Waals surface area contributed by atoms with E-state index in [-0.39, 0.29) is 25.4 Å². The van der Waals surface area contributed by atoms with Crippen molar-refractivity contribution in [3.8, 4) is 0 Å². The Kier molecular flexibility index (Phi) is 5.49. The van der Waals surface area contributed by atoms with Crippen LogP contribution in [0, 0.1) is 0 Å². The number of ether oxygens (including phenoxy) is 1. The molecule has 1 fully saturated rings. The van der Waals surface area contributed by atoms with Gasteiger partial charge in [-0.2, -0.15) is 0 Å². The van der Waals surface area contributed by atoms with Crippen LogP contribution in [0.1, 0.15) is 32.2 Å². The van der Waals surface area contributed by atoms with Crippen LogP contribution in [0.4, 0.5) is 5.82 Å². The van der Waals surface area contributed by atoms with E-state index < -0.39 is 6.10 Å². The molecular weight excluding hydrogens is 332 g/mol. The summed E-state index contributed by atoms with van der Waals surface area (Å²) in [5.74, 6) is 1.20. The third-order valence-corrected chi connectivity index (χ3v) is 5.03. The van der Waals surface area contributed by atoms with Gasteiger partial charge in [0.15, 0.2) is 22.1 Å². The van der Waals surface area contributed by atoms with Gasteiger partial charge >= 0.3 is 0 Å². The van der Waals surface area contributed by atoms with Gasteiger partial charge in [-0.05, 0) is 12.8 Å². The van der Waals surface area contributed by atoms with Crippen LogP contribution in [-0.2, 0) is 4.74 Å². The maximum absolute atomic E-state index is 10.4. The van der Waals surface area contributed by atoms with Crippen molar-refractivity contribution in [2.75, 3.05) is 24.7 Å². The summed E-state index contributed by atoms with van der Waals surface area (Å²) in [4.78, 5) is 8.77. The van der Waals surface area contributed by atoms with Crippen molar-refractivity contribution in [3.63, 3.8) is 0 Å². The van der Waals surface area contributed by atoms with Crippen molar-refractivity contribution in [1.29, 1.82) is 0 Å². The monoisotopic (exact) mass is 354 g/mol. The van der Waals surface area contributed by atoms with Crippen molar-refractivity contribution in [2.24, 2.45) is 0 Å². The minimum absolute atomic E-state index is 0.0364. The molecule has 0 amide bonds. The highest BCUT2D eigenvalue weighted by molar-refractivity contribution is 7.99. The van der Waals surface area contributed by atoms with E-state index in [0.29, 0.717) is 35.0 Å². The molecule has 1 saturated carbocycles. The number of hydrogen-bond donors (Lipinski definition) is 3. The van der Waals surface area contributed by atoms with Crippen LogP contribution in [0.25, 0.3) is 11.2 Å². The van der Waals surface area contributed by atoms with Gasteiger partial charge in [-0.25, -0.2) is 14.6 Å². The molecule has 2 heterocycles. The summed E-state index contributed by atoms with van der Waals surface area (Å²) in [5.41, 5.74) is 6.96. The van der Waals surface area contributed by atoms with Crippen LogP contribution in [0.2, 0.25) is 0 Å². The van der Waals surface area contributed by atoms with E-state index in [1.807, 2.05) is 0 Å². The number of fused-ring (bicyclic) bond motifs is 1. The molecule has 24 heavy (non-hydrogen) atoms. The lowest BCUT2D eigenvalue weighted by Crippen LogP contribution is -2.20. The molecule has 0 spiro atoms. The molecule has 2 aromatic heterocycles. The molecule has 0 aliphatic heterocycles. The second-order valence-electron chi connectivity index (χ2n) is 5.77. The van der Waals surface area contributed by atoms with Gasteiger partial charge in [-0.15, -0.1) is 5.10 Å². The van der Waals surface area contributed by atoms with Crippen molar-refractivity contribution in [1.82, 2.24) is 25.0 Å². The number of anilines is 1. The third-order valence-electron chi connectivity index (χ3n) is 3.98. The lowest BCUT2D eigenvalue weighted by Gasteiger charge is -2.14.